The summed E-state index contributed by atoms with van der Waals surface area (Å²) in [6, 6.07) is 0. The van der Waals surface area contributed by atoms with Crippen molar-refractivity contribution in [3.63, 3.8) is 0 Å². The molecular formula is C10H19N3OS. The Hall–Kier alpha value is -0.520. The minimum absolute atomic E-state index is 0.290. The average Bonchev–Trinajstić information content (AvgIpc) is 2.62. The maximum absolute atomic E-state index is 9.63. The van der Waals surface area contributed by atoms with E-state index in [4.69, 9.17) is 0 Å². The maximum Gasteiger partial charge on any atom is 0.0758 e. The predicted molar refractivity (Wildman–Crippen MR) is 63.1 cm³/mol. The number of nitrogens with zero attached hydrogens (tertiary/aromatic N) is 2. The van der Waals surface area contributed by atoms with Crippen LogP contribution >= 0.6 is 11.8 Å². The number of aliphatic hydroxyl groups excluding tert-OH is 1. The van der Waals surface area contributed by atoms with Crippen LogP contribution in [0.1, 0.15) is 13.3 Å². The van der Waals surface area contributed by atoms with Crippen molar-refractivity contribution in [2.75, 3.05) is 18.8 Å². The first kappa shape index (κ1) is 12.5. The van der Waals surface area contributed by atoms with E-state index >= 15 is 0 Å². The lowest BCUT2D eigenvalue weighted by Crippen LogP contribution is -2.28. The van der Waals surface area contributed by atoms with Crippen molar-refractivity contribution < 1.29 is 5.11 Å². The van der Waals surface area contributed by atoms with Crippen LogP contribution in [-0.4, -0.2) is 39.8 Å². The van der Waals surface area contributed by atoms with Gasteiger partial charge in [0.15, 0.2) is 0 Å². The number of thioether (sulfide) groups is 1. The van der Waals surface area contributed by atoms with Gasteiger partial charge >= 0.3 is 0 Å². The van der Waals surface area contributed by atoms with E-state index < -0.39 is 0 Å². The van der Waals surface area contributed by atoms with Gasteiger partial charge in [-0.2, -0.15) is 5.10 Å². The van der Waals surface area contributed by atoms with Gasteiger partial charge in [-0.05, 0) is 13.0 Å². The normalized spacial score (nSPS) is 13.0. The number of aliphatic hydroxyl groups is 1. The minimum atomic E-state index is -0.290. The number of nitrogens with one attached hydrogen (secondary N) is 1. The van der Waals surface area contributed by atoms with Gasteiger partial charge in [-0.15, -0.1) is 11.8 Å². The number of rotatable bonds is 7. The molecule has 86 valence electrons. The van der Waals surface area contributed by atoms with E-state index in [1.54, 1.807) is 16.4 Å². The Balaban J connectivity index is 2.13. The zero-order chi connectivity index (χ0) is 11.1. The van der Waals surface area contributed by atoms with Crippen LogP contribution in [0.25, 0.3) is 0 Å². The molecule has 1 aromatic rings. The summed E-state index contributed by atoms with van der Waals surface area (Å²) in [6.07, 6.45) is 4.58. The van der Waals surface area contributed by atoms with Crippen LogP contribution in [0.3, 0.4) is 0 Å². The van der Waals surface area contributed by atoms with Crippen molar-refractivity contribution in [3.05, 3.63) is 12.4 Å². The van der Waals surface area contributed by atoms with Gasteiger partial charge < -0.3 is 10.4 Å². The molecule has 1 unspecified atom stereocenters. The van der Waals surface area contributed by atoms with Gasteiger partial charge in [-0.1, -0.05) is 6.92 Å². The Bertz CT molecular complexity index is 277. The molecular weight excluding hydrogens is 210 g/mol. The highest BCUT2D eigenvalue weighted by atomic mass is 32.2. The molecule has 0 spiro atoms. The summed E-state index contributed by atoms with van der Waals surface area (Å²) < 4.78 is 1.77. The largest absolute Gasteiger partial charge is 0.391 e. The topological polar surface area (TPSA) is 50.1 Å². The maximum atomic E-state index is 9.63. The summed E-state index contributed by atoms with van der Waals surface area (Å²) in [5, 5.41) is 16.9. The minimum Gasteiger partial charge on any atom is -0.391 e. The summed E-state index contributed by atoms with van der Waals surface area (Å²) >= 11 is 1.63. The fourth-order valence-electron chi connectivity index (χ4n) is 1.17. The lowest BCUT2D eigenvalue weighted by molar-refractivity contribution is 0.196. The SMILES string of the molecule is CCCNCC(O)CSc1cnn(C)c1. The van der Waals surface area contributed by atoms with Crippen molar-refractivity contribution in [1.82, 2.24) is 15.1 Å². The van der Waals surface area contributed by atoms with Crippen LogP contribution < -0.4 is 5.32 Å². The molecule has 0 aliphatic carbocycles. The molecule has 0 fully saturated rings. The summed E-state index contributed by atoms with van der Waals surface area (Å²) in [5.41, 5.74) is 0. The highest BCUT2D eigenvalue weighted by molar-refractivity contribution is 7.99. The predicted octanol–water partition coefficient (Wildman–Crippen LogP) is 0.873. The Morgan fingerprint density at radius 3 is 3.07 bits per heavy atom. The molecule has 1 rings (SSSR count). The molecule has 5 heteroatoms. The van der Waals surface area contributed by atoms with E-state index in [0.717, 1.165) is 17.9 Å². The van der Waals surface area contributed by atoms with E-state index in [0.29, 0.717) is 12.3 Å². The Kier molecular flexibility index (Phi) is 5.75. The number of hydrogen-bond donors (Lipinski definition) is 2. The van der Waals surface area contributed by atoms with E-state index in [-0.39, 0.29) is 6.10 Å². The second kappa shape index (κ2) is 6.87. The Morgan fingerprint density at radius 2 is 2.47 bits per heavy atom. The zero-order valence-electron chi connectivity index (χ0n) is 9.31. The van der Waals surface area contributed by atoms with E-state index in [1.807, 2.05) is 19.4 Å². The van der Waals surface area contributed by atoms with Gasteiger partial charge in [-0.25, -0.2) is 0 Å². The molecule has 1 heterocycles. The van der Waals surface area contributed by atoms with E-state index in [9.17, 15) is 5.11 Å². The first-order chi connectivity index (χ1) is 7.22. The molecule has 2 N–H and O–H groups in total. The molecule has 4 nitrogen and oxygen atoms in total. The van der Waals surface area contributed by atoms with Crippen LogP contribution in [-0.2, 0) is 7.05 Å². The van der Waals surface area contributed by atoms with Crippen molar-refractivity contribution in [2.45, 2.75) is 24.3 Å². The zero-order valence-corrected chi connectivity index (χ0v) is 10.1. The number of aryl methyl sites for hydroxylation is 1. The molecule has 1 atom stereocenters. The molecule has 0 aliphatic rings. The van der Waals surface area contributed by atoms with Crippen LogP contribution in [0.4, 0.5) is 0 Å². The second-order valence-electron chi connectivity index (χ2n) is 3.52. The van der Waals surface area contributed by atoms with Crippen LogP contribution in [0.5, 0.6) is 0 Å². The van der Waals surface area contributed by atoms with Crippen molar-refractivity contribution in [1.29, 1.82) is 0 Å². The summed E-state index contributed by atoms with van der Waals surface area (Å²) in [7, 11) is 1.89. The quantitative estimate of drug-likeness (QED) is 0.538. The second-order valence-corrected chi connectivity index (χ2v) is 4.61. The monoisotopic (exact) mass is 229 g/mol. The van der Waals surface area contributed by atoms with Crippen LogP contribution in [0.2, 0.25) is 0 Å². The van der Waals surface area contributed by atoms with Gasteiger partial charge in [-0.3, -0.25) is 4.68 Å². The molecule has 0 bridgehead atoms. The molecule has 15 heavy (non-hydrogen) atoms. The fraction of sp³-hybridized carbons (Fsp3) is 0.700. The van der Waals surface area contributed by atoms with Gasteiger partial charge in [0.05, 0.1) is 12.3 Å². The van der Waals surface area contributed by atoms with E-state index in [2.05, 4.69) is 17.3 Å². The molecule has 0 aliphatic heterocycles. The van der Waals surface area contributed by atoms with Crippen LogP contribution in [0.15, 0.2) is 17.3 Å². The highest BCUT2D eigenvalue weighted by Crippen LogP contribution is 2.16. The molecule has 1 aromatic heterocycles. The third-order valence-corrected chi connectivity index (χ3v) is 3.03. The number of aromatic nitrogens is 2. The summed E-state index contributed by atoms with van der Waals surface area (Å²) in [5.74, 6) is 0.711. The Morgan fingerprint density at radius 1 is 1.67 bits per heavy atom. The first-order valence-electron chi connectivity index (χ1n) is 5.22. The Labute approximate surface area is 95.1 Å². The van der Waals surface area contributed by atoms with Gasteiger partial charge in [0.2, 0.25) is 0 Å². The number of hydrogen-bond acceptors (Lipinski definition) is 4. The molecule has 0 saturated carbocycles. The van der Waals surface area contributed by atoms with Crippen molar-refractivity contribution in [2.24, 2.45) is 7.05 Å². The van der Waals surface area contributed by atoms with Gasteiger partial charge in [0.1, 0.15) is 0 Å². The lowest BCUT2D eigenvalue weighted by Gasteiger charge is -2.09. The van der Waals surface area contributed by atoms with Gasteiger partial charge in [0.25, 0.3) is 0 Å². The summed E-state index contributed by atoms with van der Waals surface area (Å²) in [6.45, 7) is 3.75. The third-order valence-electron chi connectivity index (χ3n) is 1.93. The average molecular weight is 229 g/mol. The smallest absolute Gasteiger partial charge is 0.0758 e. The van der Waals surface area contributed by atoms with Crippen molar-refractivity contribution in [3.8, 4) is 0 Å². The fourth-order valence-corrected chi connectivity index (χ4v) is 2.02. The van der Waals surface area contributed by atoms with Gasteiger partial charge in [0, 0.05) is 30.4 Å². The van der Waals surface area contributed by atoms with Crippen LogP contribution in [0, 0.1) is 0 Å². The first-order valence-corrected chi connectivity index (χ1v) is 6.21. The van der Waals surface area contributed by atoms with E-state index in [1.165, 1.54) is 0 Å². The summed E-state index contributed by atoms with van der Waals surface area (Å²) in [4.78, 5) is 1.10. The molecule has 0 aromatic carbocycles. The molecule has 0 saturated heterocycles. The molecule has 0 amide bonds. The lowest BCUT2D eigenvalue weighted by atomic mass is 10.4. The standard InChI is InChI=1S/C10H19N3OS/c1-3-4-11-5-9(14)8-15-10-6-12-13(2)7-10/h6-7,9,11,14H,3-5,8H2,1-2H3. The van der Waals surface area contributed by atoms with Crippen molar-refractivity contribution >= 4 is 11.8 Å². The highest BCUT2D eigenvalue weighted by Gasteiger charge is 2.05. The molecule has 0 radical (unpaired) electrons. The third kappa shape index (κ3) is 5.20.